The van der Waals surface area contributed by atoms with Gasteiger partial charge in [0.05, 0.1) is 16.2 Å². The molecule has 0 heterocycles. The van der Waals surface area contributed by atoms with Crippen LogP contribution in [0, 0.1) is 10.1 Å². The number of benzene rings is 3. The number of nitrogens with zero attached hydrogens (tertiary/aromatic N) is 1. The third-order valence-corrected chi connectivity index (χ3v) is 4.09. The Kier molecular flexibility index (Phi) is 6.14. The molecule has 0 saturated heterocycles. The molecule has 3 rings (SSSR count). The molecule has 0 spiro atoms. The number of hydrazine groups is 1. The Labute approximate surface area is 170 Å². The van der Waals surface area contributed by atoms with Gasteiger partial charge in [0.1, 0.15) is 0 Å². The first-order valence-corrected chi connectivity index (χ1v) is 8.76. The molecular weight excluding hydrogens is 388 g/mol. The number of rotatable bonds is 5. The Hall–Kier alpha value is -4.53. The number of nitro groups is 1. The van der Waals surface area contributed by atoms with E-state index in [4.69, 9.17) is 0 Å². The van der Waals surface area contributed by atoms with E-state index in [1.807, 2.05) is 0 Å². The second-order valence-corrected chi connectivity index (χ2v) is 6.08. The third kappa shape index (κ3) is 4.84. The van der Waals surface area contributed by atoms with Crippen LogP contribution in [0.5, 0.6) is 0 Å². The van der Waals surface area contributed by atoms with Crippen LogP contribution >= 0.6 is 0 Å². The van der Waals surface area contributed by atoms with Gasteiger partial charge in [0.15, 0.2) is 0 Å². The number of hydrogen-bond donors (Lipinski definition) is 3. The lowest BCUT2D eigenvalue weighted by molar-refractivity contribution is -0.384. The average molecular weight is 404 g/mol. The first-order chi connectivity index (χ1) is 14.5. The molecule has 0 unspecified atom stereocenters. The lowest BCUT2D eigenvalue weighted by Crippen LogP contribution is -2.41. The Morgan fingerprint density at radius 3 is 1.90 bits per heavy atom. The second kappa shape index (κ2) is 9.11. The summed E-state index contributed by atoms with van der Waals surface area (Å²) in [7, 11) is 0. The highest BCUT2D eigenvalue weighted by atomic mass is 16.6. The lowest BCUT2D eigenvalue weighted by atomic mass is 10.1. The fraction of sp³-hybridized carbons (Fsp3) is 0. The van der Waals surface area contributed by atoms with Crippen molar-refractivity contribution < 1.29 is 19.3 Å². The van der Waals surface area contributed by atoms with Crippen LogP contribution in [0.3, 0.4) is 0 Å². The van der Waals surface area contributed by atoms with Crippen LogP contribution in [-0.2, 0) is 0 Å². The predicted molar refractivity (Wildman–Crippen MR) is 109 cm³/mol. The average Bonchev–Trinajstić information content (AvgIpc) is 2.78. The van der Waals surface area contributed by atoms with E-state index in [0.717, 1.165) is 0 Å². The largest absolute Gasteiger partial charge is 0.321 e. The molecule has 9 heteroatoms. The zero-order chi connectivity index (χ0) is 21.5. The number of nitro benzene ring substituents is 1. The molecule has 0 radical (unpaired) electrons. The Bertz CT molecular complexity index is 1100. The Morgan fingerprint density at radius 2 is 1.23 bits per heavy atom. The molecule has 0 aliphatic heterocycles. The summed E-state index contributed by atoms with van der Waals surface area (Å²) in [6.07, 6.45) is 0. The second-order valence-electron chi connectivity index (χ2n) is 6.08. The standard InChI is InChI=1S/C21H16N4O5/c26-19(14-6-2-1-3-7-14)22-18-9-5-4-8-17(18)21(28)24-23-20(27)15-10-12-16(13-11-15)25(29)30/h1-13H,(H,22,26)(H,23,27)(H,24,28). The number of carbonyl (C=O) groups excluding carboxylic acids is 3. The summed E-state index contributed by atoms with van der Waals surface area (Å²) < 4.78 is 0. The minimum Gasteiger partial charge on any atom is -0.321 e. The summed E-state index contributed by atoms with van der Waals surface area (Å²) in [6.45, 7) is 0. The highest BCUT2D eigenvalue weighted by Crippen LogP contribution is 2.16. The van der Waals surface area contributed by atoms with Crippen molar-refractivity contribution in [1.82, 2.24) is 10.9 Å². The minimum atomic E-state index is -0.649. The van der Waals surface area contributed by atoms with E-state index < -0.39 is 16.7 Å². The van der Waals surface area contributed by atoms with Gasteiger partial charge in [-0.25, -0.2) is 0 Å². The van der Waals surface area contributed by atoms with Crippen molar-refractivity contribution in [3.05, 3.63) is 106 Å². The summed E-state index contributed by atoms with van der Waals surface area (Å²) >= 11 is 0. The van der Waals surface area contributed by atoms with E-state index in [2.05, 4.69) is 16.2 Å². The number of anilines is 1. The minimum absolute atomic E-state index is 0.131. The van der Waals surface area contributed by atoms with Crippen LogP contribution in [0.1, 0.15) is 31.1 Å². The van der Waals surface area contributed by atoms with E-state index in [9.17, 15) is 24.5 Å². The van der Waals surface area contributed by atoms with Gasteiger partial charge in [0.25, 0.3) is 23.4 Å². The van der Waals surface area contributed by atoms with Gasteiger partial charge in [-0.1, -0.05) is 30.3 Å². The summed E-state index contributed by atoms with van der Waals surface area (Å²) in [4.78, 5) is 47.1. The summed E-state index contributed by atoms with van der Waals surface area (Å²) in [5, 5.41) is 13.3. The Balaban J connectivity index is 1.66. The molecule has 0 aliphatic rings. The van der Waals surface area contributed by atoms with E-state index in [0.29, 0.717) is 5.56 Å². The zero-order valence-corrected chi connectivity index (χ0v) is 15.5. The molecule has 0 atom stereocenters. The zero-order valence-electron chi connectivity index (χ0n) is 15.5. The van der Waals surface area contributed by atoms with Crippen molar-refractivity contribution in [2.45, 2.75) is 0 Å². The molecule has 0 aromatic heterocycles. The van der Waals surface area contributed by atoms with Gasteiger partial charge in [-0.05, 0) is 36.4 Å². The lowest BCUT2D eigenvalue weighted by Gasteiger charge is -2.12. The molecule has 0 bridgehead atoms. The fourth-order valence-electron chi connectivity index (χ4n) is 2.56. The van der Waals surface area contributed by atoms with Gasteiger partial charge in [-0.2, -0.15) is 0 Å². The molecule has 150 valence electrons. The van der Waals surface area contributed by atoms with Gasteiger partial charge in [-0.15, -0.1) is 0 Å². The van der Waals surface area contributed by atoms with Crippen molar-refractivity contribution >= 4 is 29.1 Å². The van der Waals surface area contributed by atoms with Gasteiger partial charge < -0.3 is 5.32 Å². The number of para-hydroxylation sites is 1. The number of non-ortho nitro benzene ring substituents is 1. The van der Waals surface area contributed by atoms with Crippen molar-refractivity contribution in [3.8, 4) is 0 Å². The first kappa shape index (κ1) is 20.2. The van der Waals surface area contributed by atoms with E-state index >= 15 is 0 Å². The molecular formula is C21H16N4O5. The van der Waals surface area contributed by atoms with Crippen LogP contribution in [0.4, 0.5) is 11.4 Å². The monoisotopic (exact) mass is 404 g/mol. The number of amides is 3. The first-order valence-electron chi connectivity index (χ1n) is 8.76. The summed E-state index contributed by atoms with van der Waals surface area (Å²) in [5.74, 6) is -1.68. The van der Waals surface area contributed by atoms with Crippen LogP contribution in [0.2, 0.25) is 0 Å². The summed E-state index contributed by atoms with van der Waals surface area (Å²) in [5.41, 5.74) is 5.32. The van der Waals surface area contributed by atoms with Crippen LogP contribution < -0.4 is 16.2 Å². The fourth-order valence-corrected chi connectivity index (χ4v) is 2.56. The molecule has 9 nitrogen and oxygen atoms in total. The van der Waals surface area contributed by atoms with Crippen LogP contribution in [0.25, 0.3) is 0 Å². The van der Waals surface area contributed by atoms with Crippen molar-refractivity contribution in [2.75, 3.05) is 5.32 Å². The van der Waals surface area contributed by atoms with Crippen LogP contribution in [0.15, 0.2) is 78.9 Å². The normalized spacial score (nSPS) is 10.0. The maximum absolute atomic E-state index is 12.5. The molecule has 30 heavy (non-hydrogen) atoms. The highest BCUT2D eigenvalue weighted by molar-refractivity contribution is 6.09. The molecule has 3 N–H and O–H groups in total. The van der Waals surface area contributed by atoms with Gasteiger partial charge in [-0.3, -0.25) is 35.3 Å². The number of hydrogen-bond acceptors (Lipinski definition) is 5. The number of carbonyl (C=O) groups is 3. The van der Waals surface area contributed by atoms with Gasteiger partial charge in [0, 0.05) is 23.3 Å². The van der Waals surface area contributed by atoms with Crippen LogP contribution in [-0.4, -0.2) is 22.6 Å². The third-order valence-electron chi connectivity index (χ3n) is 4.09. The maximum atomic E-state index is 12.5. The highest BCUT2D eigenvalue weighted by Gasteiger charge is 2.15. The van der Waals surface area contributed by atoms with Crippen molar-refractivity contribution in [1.29, 1.82) is 0 Å². The topological polar surface area (TPSA) is 130 Å². The molecule has 3 aromatic rings. The molecule has 3 amide bonds. The predicted octanol–water partition coefficient (Wildman–Crippen LogP) is 2.92. The molecule has 3 aromatic carbocycles. The van der Waals surface area contributed by atoms with Gasteiger partial charge in [0.2, 0.25) is 0 Å². The summed E-state index contributed by atoms with van der Waals surface area (Å²) in [6, 6.07) is 19.8. The van der Waals surface area contributed by atoms with Crippen molar-refractivity contribution in [3.63, 3.8) is 0 Å². The van der Waals surface area contributed by atoms with E-state index in [1.54, 1.807) is 48.5 Å². The molecule has 0 aliphatic carbocycles. The Morgan fingerprint density at radius 1 is 0.667 bits per heavy atom. The smallest absolute Gasteiger partial charge is 0.271 e. The number of nitrogens with one attached hydrogen (secondary N) is 3. The van der Waals surface area contributed by atoms with Gasteiger partial charge >= 0.3 is 0 Å². The van der Waals surface area contributed by atoms with Crippen molar-refractivity contribution in [2.24, 2.45) is 0 Å². The molecule has 0 saturated carbocycles. The molecule has 0 fully saturated rings. The van der Waals surface area contributed by atoms with E-state index in [1.165, 1.54) is 30.3 Å². The quantitative estimate of drug-likeness (QED) is 0.445. The maximum Gasteiger partial charge on any atom is 0.271 e. The van der Waals surface area contributed by atoms with E-state index in [-0.39, 0.29) is 28.4 Å². The SMILES string of the molecule is O=C(NNC(=O)c1ccccc1NC(=O)c1ccccc1)c1ccc([N+](=O)[O-])cc1.